The summed E-state index contributed by atoms with van der Waals surface area (Å²) in [6.07, 6.45) is 3.71. The summed E-state index contributed by atoms with van der Waals surface area (Å²) in [5.41, 5.74) is 2.73. The zero-order valence-electron chi connectivity index (χ0n) is 16.3. The van der Waals surface area contributed by atoms with Gasteiger partial charge in [-0.2, -0.15) is 9.78 Å². The van der Waals surface area contributed by atoms with Crippen LogP contribution >= 0.6 is 23.4 Å². The standard InChI is InChI=1S/C23H19ClN4OS/c1-30-23-27-26-22(17-9-3-2-4-10-17)28(23)25-15-18-11-6-8-14-21(18)29-16-19-12-5-7-13-20(19)24/h2-15H,16H2,1H3. The Balaban J connectivity index is 1.61. The Morgan fingerprint density at radius 2 is 1.70 bits per heavy atom. The van der Waals surface area contributed by atoms with Crippen molar-refractivity contribution in [3.63, 3.8) is 0 Å². The number of hydrogen-bond acceptors (Lipinski definition) is 5. The molecule has 0 N–H and O–H groups in total. The molecule has 5 nitrogen and oxygen atoms in total. The van der Waals surface area contributed by atoms with Crippen LogP contribution in [0.25, 0.3) is 11.4 Å². The first-order valence-corrected chi connectivity index (χ1v) is 10.9. The highest BCUT2D eigenvalue weighted by molar-refractivity contribution is 7.98. The summed E-state index contributed by atoms with van der Waals surface area (Å²) in [5, 5.41) is 14.6. The van der Waals surface area contributed by atoms with Gasteiger partial charge in [-0.05, 0) is 24.5 Å². The Kier molecular flexibility index (Phi) is 6.47. The molecule has 0 aliphatic heterocycles. The zero-order valence-corrected chi connectivity index (χ0v) is 17.8. The lowest BCUT2D eigenvalue weighted by Crippen LogP contribution is -2.00. The molecular formula is C23H19ClN4OS. The Morgan fingerprint density at radius 1 is 0.967 bits per heavy atom. The lowest BCUT2D eigenvalue weighted by atomic mass is 10.2. The molecule has 3 aromatic carbocycles. The molecule has 4 rings (SSSR count). The molecule has 0 unspecified atom stereocenters. The average Bonchev–Trinajstić information content (AvgIpc) is 3.21. The highest BCUT2D eigenvalue weighted by Gasteiger charge is 2.12. The lowest BCUT2D eigenvalue weighted by Gasteiger charge is -2.10. The Morgan fingerprint density at radius 3 is 2.50 bits per heavy atom. The van der Waals surface area contributed by atoms with E-state index in [1.807, 2.05) is 85.1 Å². The van der Waals surface area contributed by atoms with Crippen LogP contribution in [0.4, 0.5) is 0 Å². The number of para-hydroxylation sites is 1. The van der Waals surface area contributed by atoms with Gasteiger partial charge < -0.3 is 4.74 Å². The number of aromatic nitrogens is 3. The SMILES string of the molecule is CSc1nnc(-c2ccccc2)n1N=Cc1ccccc1OCc1ccccc1Cl. The van der Waals surface area contributed by atoms with Crippen LogP contribution in [0.2, 0.25) is 5.02 Å². The van der Waals surface area contributed by atoms with Crippen molar-refractivity contribution in [2.45, 2.75) is 11.8 Å². The van der Waals surface area contributed by atoms with Crippen molar-refractivity contribution in [1.29, 1.82) is 0 Å². The van der Waals surface area contributed by atoms with Gasteiger partial charge in [0.1, 0.15) is 12.4 Å². The Hall–Kier alpha value is -3.09. The minimum absolute atomic E-state index is 0.377. The molecule has 0 atom stereocenters. The number of nitrogens with zero attached hydrogens (tertiary/aromatic N) is 4. The topological polar surface area (TPSA) is 52.3 Å². The molecule has 1 heterocycles. The van der Waals surface area contributed by atoms with Gasteiger partial charge in [-0.15, -0.1) is 10.2 Å². The van der Waals surface area contributed by atoms with Crippen molar-refractivity contribution in [2.75, 3.05) is 6.26 Å². The van der Waals surface area contributed by atoms with Gasteiger partial charge in [-0.25, -0.2) is 0 Å². The minimum Gasteiger partial charge on any atom is -0.488 e. The van der Waals surface area contributed by atoms with E-state index in [9.17, 15) is 0 Å². The molecule has 0 saturated carbocycles. The van der Waals surface area contributed by atoms with Crippen LogP contribution in [0.3, 0.4) is 0 Å². The fourth-order valence-electron chi connectivity index (χ4n) is 2.87. The Labute approximate surface area is 184 Å². The second-order valence-electron chi connectivity index (χ2n) is 6.35. The second kappa shape index (κ2) is 9.61. The molecule has 30 heavy (non-hydrogen) atoms. The molecule has 7 heteroatoms. The predicted molar refractivity (Wildman–Crippen MR) is 122 cm³/mol. The smallest absolute Gasteiger partial charge is 0.212 e. The fraction of sp³-hybridized carbons (Fsp3) is 0.0870. The van der Waals surface area contributed by atoms with E-state index in [1.165, 1.54) is 11.8 Å². The quantitative estimate of drug-likeness (QED) is 0.273. The summed E-state index contributed by atoms with van der Waals surface area (Å²) in [7, 11) is 0. The van der Waals surface area contributed by atoms with Gasteiger partial charge in [0, 0.05) is 21.7 Å². The van der Waals surface area contributed by atoms with E-state index in [1.54, 1.807) is 10.9 Å². The van der Waals surface area contributed by atoms with Crippen LogP contribution in [-0.4, -0.2) is 27.3 Å². The summed E-state index contributed by atoms with van der Waals surface area (Å²) in [6, 6.07) is 25.3. The number of rotatable bonds is 7. The minimum atomic E-state index is 0.377. The molecule has 0 spiro atoms. The number of ether oxygens (including phenoxy) is 1. The summed E-state index contributed by atoms with van der Waals surface area (Å²) in [6.45, 7) is 0.377. The molecule has 0 bridgehead atoms. The van der Waals surface area contributed by atoms with Crippen LogP contribution < -0.4 is 4.74 Å². The van der Waals surface area contributed by atoms with Crippen LogP contribution in [-0.2, 0) is 6.61 Å². The van der Waals surface area contributed by atoms with Gasteiger partial charge in [0.2, 0.25) is 5.16 Å². The number of halogens is 1. The highest BCUT2D eigenvalue weighted by atomic mass is 35.5. The summed E-state index contributed by atoms with van der Waals surface area (Å²) in [5.74, 6) is 1.41. The normalized spacial score (nSPS) is 11.1. The summed E-state index contributed by atoms with van der Waals surface area (Å²) < 4.78 is 7.76. The van der Waals surface area contributed by atoms with Gasteiger partial charge in [-0.1, -0.05) is 84.0 Å². The molecule has 0 amide bonds. The average molecular weight is 435 g/mol. The molecule has 4 aromatic rings. The first-order chi connectivity index (χ1) is 14.8. The van der Waals surface area contributed by atoms with Gasteiger partial charge >= 0.3 is 0 Å². The molecule has 1 aromatic heterocycles. The van der Waals surface area contributed by atoms with Gasteiger partial charge in [0.25, 0.3) is 0 Å². The van der Waals surface area contributed by atoms with Crippen LogP contribution in [0.5, 0.6) is 5.75 Å². The van der Waals surface area contributed by atoms with E-state index in [-0.39, 0.29) is 0 Å². The van der Waals surface area contributed by atoms with E-state index in [4.69, 9.17) is 16.3 Å². The third-order valence-corrected chi connectivity index (χ3v) is 5.39. The van der Waals surface area contributed by atoms with Crippen molar-refractivity contribution in [1.82, 2.24) is 14.9 Å². The van der Waals surface area contributed by atoms with Crippen molar-refractivity contribution in [2.24, 2.45) is 5.10 Å². The van der Waals surface area contributed by atoms with Gasteiger partial charge in [-0.3, -0.25) is 0 Å². The van der Waals surface area contributed by atoms with E-state index in [0.29, 0.717) is 22.6 Å². The number of benzene rings is 3. The molecule has 0 aliphatic carbocycles. The predicted octanol–water partition coefficient (Wildman–Crippen LogP) is 5.78. The molecule has 150 valence electrons. The largest absolute Gasteiger partial charge is 0.488 e. The monoisotopic (exact) mass is 434 g/mol. The van der Waals surface area contributed by atoms with Crippen molar-refractivity contribution < 1.29 is 4.74 Å². The van der Waals surface area contributed by atoms with Crippen molar-refractivity contribution >= 4 is 29.6 Å². The molecule has 0 aliphatic rings. The maximum atomic E-state index is 6.24. The number of hydrogen-bond donors (Lipinski definition) is 0. The van der Waals surface area contributed by atoms with Crippen LogP contribution in [0.1, 0.15) is 11.1 Å². The maximum absolute atomic E-state index is 6.24. The van der Waals surface area contributed by atoms with Crippen LogP contribution in [0, 0.1) is 0 Å². The highest BCUT2D eigenvalue weighted by Crippen LogP contribution is 2.24. The third kappa shape index (κ3) is 4.56. The number of thioether (sulfide) groups is 1. The van der Waals surface area contributed by atoms with E-state index >= 15 is 0 Å². The van der Waals surface area contributed by atoms with Gasteiger partial charge in [0.05, 0.1) is 6.21 Å². The Bertz CT molecular complexity index is 1160. The molecule has 0 saturated heterocycles. The molecule has 0 fully saturated rings. The van der Waals surface area contributed by atoms with E-state index < -0.39 is 0 Å². The first-order valence-electron chi connectivity index (χ1n) is 9.30. The van der Waals surface area contributed by atoms with Gasteiger partial charge in [0.15, 0.2) is 5.82 Å². The van der Waals surface area contributed by atoms with E-state index in [2.05, 4.69) is 15.3 Å². The second-order valence-corrected chi connectivity index (χ2v) is 7.53. The van der Waals surface area contributed by atoms with Crippen LogP contribution in [0.15, 0.2) is 89.1 Å². The summed E-state index contributed by atoms with van der Waals surface area (Å²) in [4.78, 5) is 0. The summed E-state index contributed by atoms with van der Waals surface area (Å²) >= 11 is 7.73. The molecule has 0 radical (unpaired) electrons. The first kappa shape index (κ1) is 20.2. The van der Waals surface area contributed by atoms with Crippen molar-refractivity contribution in [3.8, 4) is 17.1 Å². The third-order valence-electron chi connectivity index (χ3n) is 4.40. The molecular weight excluding hydrogens is 416 g/mol. The maximum Gasteiger partial charge on any atom is 0.212 e. The van der Waals surface area contributed by atoms with E-state index in [0.717, 1.165) is 22.4 Å². The fourth-order valence-corrected chi connectivity index (χ4v) is 3.49. The van der Waals surface area contributed by atoms with Crippen molar-refractivity contribution in [3.05, 3.63) is 95.0 Å². The zero-order chi connectivity index (χ0) is 20.8. The lowest BCUT2D eigenvalue weighted by molar-refractivity contribution is 0.306.